The molecule has 2 aromatic heterocycles. The molecule has 4 heterocycles. The van der Waals surface area contributed by atoms with Crippen LogP contribution in [0.2, 0.25) is 0 Å². The van der Waals surface area contributed by atoms with Crippen LogP contribution >= 0.6 is 0 Å². The second kappa shape index (κ2) is 7.17. The molecule has 0 N–H and O–H groups in total. The van der Waals surface area contributed by atoms with Gasteiger partial charge in [-0.05, 0) is 24.1 Å². The molecule has 7 nitrogen and oxygen atoms in total. The highest BCUT2D eigenvalue weighted by atomic mass is 16.5. The summed E-state index contributed by atoms with van der Waals surface area (Å²) in [6.07, 6.45) is 5.02. The van der Waals surface area contributed by atoms with Crippen LogP contribution in [0.4, 0.5) is 0 Å². The van der Waals surface area contributed by atoms with Crippen molar-refractivity contribution in [2.24, 2.45) is 5.41 Å². The van der Waals surface area contributed by atoms with Gasteiger partial charge in [-0.3, -0.25) is 9.59 Å². The quantitative estimate of drug-likeness (QED) is 0.634. The second-order valence-corrected chi connectivity index (χ2v) is 9.27. The smallest absolute Gasteiger partial charge is 0.259 e. The standard InChI is InChI=1S/C25H25N3O4/c1-2-27-11-21(24(30)28-12-25(13-28)14-31-15-25)22(29)20-9-19(10-26-23(20)27)32-18-7-16-5-3-4-6-17(16)8-18/h3-6,9-11,18H,2,7-8,12-15H2,1H3. The van der Waals surface area contributed by atoms with Gasteiger partial charge in [0.05, 0.1) is 30.2 Å². The fourth-order valence-electron chi connectivity index (χ4n) is 5.16. The summed E-state index contributed by atoms with van der Waals surface area (Å²) < 4.78 is 13.4. The third kappa shape index (κ3) is 3.03. The van der Waals surface area contributed by atoms with E-state index in [0.717, 1.165) is 12.8 Å². The number of hydrogen-bond acceptors (Lipinski definition) is 5. The normalized spacial score (nSPS) is 19.0. The lowest BCUT2D eigenvalue weighted by Crippen LogP contribution is -2.67. The molecule has 2 fully saturated rings. The van der Waals surface area contributed by atoms with Crippen LogP contribution in [0.1, 0.15) is 28.4 Å². The van der Waals surface area contributed by atoms with Gasteiger partial charge in [0.25, 0.3) is 5.91 Å². The van der Waals surface area contributed by atoms with Gasteiger partial charge in [0, 0.05) is 38.7 Å². The van der Waals surface area contributed by atoms with Gasteiger partial charge in [-0.25, -0.2) is 4.98 Å². The summed E-state index contributed by atoms with van der Waals surface area (Å²) >= 11 is 0. The Morgan fingerprint density at radius 1 is 1.22 bits per heavy atom. The molecule has 1 amide bonds. The van der Waals surface area contributed by atoms with E-state index in [-0.39, 0.29) is 28.4 Å². The van der Waals surface area contributed by atoms with E-state index in [1.165, 1.54) is 11.1 Å². The zero-order chi connectivity index (χ0) is 21.9. The highest BCUT2D eigenvalue weighted by Gasteiger charge is 2.51. The van der Waals surface area contributed by atoms with Gasteiger partial charge in [0.2, 0.25) is 5.43 Å². The lowest BCUT2D eigenvalue weighted by atomic mass is 9.78. The first-order valence-corrected chi connectivity index (χ1v) is 11.2. The van der Waals surface area contributed by atoms with Crippen LogP contribution in [-0.4, -0.2) is 52.8 Å². The van der Waals surface area contributed by atoms with E-state index in [2.05, 4.69) is 17.1 Å². The molecule has 0 atom stereocenters. The van der Waals surface area contributed by atoms with Gasteiger partial charge >= 0.3 is 0 Å². The molecule has 0 radical (unpaired) electrons. The van der Waals surface area contributed by atoms with Crippen LogP contribution in [0.25, 0.3) is 11.0 Å². The van der Waals surface area contributed by atoms with Crippen molar-refractivity contribution in [1.29, 1.82) is 0 Å². The molecule has 0 saturated carbocycles. The van der Waals surface area contributed by atoms with E-state index in [9.17, 15) is 9.59 Å². The third-order valence-electron chi connectivity index (χ3n) is 6.93. The van der Waals surface area contributed by atoms with Gasteiger partial charge in [-0.2, -0.15) is 0 Å². The molecule has 6 rings (SSSR count). The number of carbonyl (C=O) groups excluding carboxylic acids is 1. The summed E-state index contributed by atoms with van der Waals surface area (Å²) in [5.74, 6) is 0.350. The van der Waals surface area contributed by atoms with Crippen LogP contribution < -0.4 is 10.2 Å². The van der Waals surface area contributed by atoms with Crippen molar-refractivity contribution in [3.8, 4) is 5.75 Å². The summed E-state index contributed by atoms with van der Waals surface area (Å²) in [6, 6.07) is 10.1. The topological polar surface area (TPSA) is 73.7 Å². The number of rotatable bonds is 4. The summed E-state index contributed by atoms with van der Waals surface area (Å²) in [7, 11) is 0. The van der Waals surface area contributed by atoms with Gasteiger partial charge in [0.15, 0.2) is 0 Å². The molecule has 0 unspecified atom stereocenters. The number of aryl methyl sites for hydroxylation is 1. The first kappa shape index (κ1) is 19.5. The van der Waals surface area contributed by atoms with Crippen LogP contribution in [-0.2, 0) is 24.1 Å². The van der Waals surface area contributed by atoms with E-state index < -0.39 is 0 Å². The van der Waals surface area contributed by atoms with Gasteiger partial charge in [0.1, 0.15) is 23.1 Å². The third-order valence-corrected chi connectivity index (χ3v) is 6.93. The van der Waals surface area contributed by atoms with Crippen LogP contribution in [0.3, 0.4) is 0 Å². The number of amides is 1. The summed E-state index contributed by atoms with van der Waals surface area (Å²) in [5, 5.41) is 0.424. The van der Waals surface area contributed by atoms with Gasteiger partial charge in [-0.15, -0.1) is 0 Å². The van der Waals surface area contributed by atoms with Crippen LogP contribution in [0.15, 0.2) is 47.5 Å². The lowest BCUT2D eigenvalue weighted by Gasteiger charge is -2.54. The van der Waals surface area contributed by atoms with Gasteiger partial charge in [-0.1, -0.05) is 24.3 Å². The van der Waals surface area contributed by atoms with Crippen molar-refractivity contribution in [2.45, 2.75) is 32.4 Å². The van der Waals surface area contributed by atoms with Crippen molar-refractivity contribution in [3.05, 3.63) is 69.6 Å². The molecule has 1 aromatic carbocycles. The minimum absolute atomic E-state index is 0.0202. The average molecular weight is 431 g/mol. The number of carbonyl (C=O) groups is 1. The maximum absolute atomic E-state index is 13.3. The molecule has 7 heteroatoms. The molecule has 164 valence electrons. The molecule has 32 heavy (non-hydrogen) atoms. The Balaban J connectivity index is 1.30. The largest absolute Gasteiger partial charge is 0.488 e. The Hall–Kier alpha value is -3.19. The van der Waals surface area contributed by atoms with Crippen molar-refractivity contribution >= 4 is 16.9 Å². The zero-order valence-electron chi connectivity index (χ0n) is 18.0. The zero-order valence-corrected chi connectivity index (χ0v) is 18.0. The predicted octanol–water partition coefficient (Wildman–Crippen LogP) is 2.43. The summed E-state index contributed by atoms with van der Waals surface area (Å²) in [5.41, 5.74) is 3.20. The first-order chi connectivity index (χ1) is 15.5. The van der Waals surface area contributed by atoms with Crippen LogP contribution in [0, 0.1) is 5.41 Å². The summed E-state index contributed by atoms with van der Waals surface area (Å²) in [4.78, 5) is 32.7. The highest BCUT2D eigenvalue weighted by molar-refractivity contribution is 5.97. The maximum Gasteiger partial charge on any atom is 0.259 e. The number of fused-ring (bicyclic) bond motifs is 2. The molecule has 3 aromatic rings. The maximum atomic E-state index is 13.3. The number of likely N-dealkylation sites (tertiary alicyclic amines) is 1. The minimum atomic E-state index is -0.284. The van der Waals surface area contributed by atoms with E-state index in [1.54, 1.807) is 23.4 Å². The molecule has 2 aliphatic heterocycles. The summed E-state index contributed by atoms with van der Waals surface area (Å²) in [6.45, 7) is 5.29. The Morgan fingerprint density at radius 2 is 1.94 bits per heavy atom. The second-order valence-electron chi connectivity index (χ2n) is 9.27. The van der Waals surface area contributed by atoms with Gasteiger partial charge < -0.3 is 18.9 Å². The molecule has 2 saturated heterocycles. The number of aromatic nitrogens is 2. The Labute approximate surface area is 185 Å². The number of ether oxygens (including phenoxy) is 2. The Kier molecular flexibility index (Phi) is 4.37. The Bertz CT molecular complexity index is 1260. The Morgan fingerprint density at radius 3 is 2.56 bits per heavy atom. The fraction of sp³-hybridized carbons (Fsp3) is 0.400. The van der Waals surface area contributed by atoms with Crippen molar-refractivity contribution < 1.29 is 14.3 Å². The number of hydrogen-bond donors (Lipinski definition) is 0. The van der Waals surface area contributed by atoms with Crippen LogP contribution in [0.5, 0.6) is 5.75 Å². The minimum Gasteiger partial charge on any atom is -0.488 e. The van der Waals surface area contributed by atoms with E-state index in [0.29, 0.717) is 49.6 Å². The molecule has 1 aliphatic carbocycles. The van der Waals surface area contributed by atoms with E-state index >= 15 is 0 Å². The SMILES string of the molecule is CCn1cc(C(=O)N2CC3(COC3)C2)c(=O)c2cc(OC3Cc4ccccc4C3)cnc21. The molecular weight excluding hydrogens is 406 g/mol. The molecular formula is C25H25N3O4. The number of pyridine rings is 2. The fourth-order valence-corrected chi connectivity index (χ4v) is 5.16. The predicted molar refractivity (Wildman–Crippen MR) is 119 cm³/mol. The average Bonchev–Trinajstić information content (AvgIpc) is 3.14. The van der Waals surface area contributed by atoms with E-state index in [4.69, 9.17) is 9.47 Å². The van der Waals surface area contributed by atoms with Crippen molar-refractivity contribution in [2.75, 3.05) is 26.3 Å². The molecule has 3 aliphatic rings. The first-order valence-electron chi connectivity index (χ1n) is 11.2. The monoisotopic (exact) mass is 431 g/mol. The lowest BCUT2D eigenvalue weighted by molar-refractivity contribution is -0.176. The van der Waals surface area contributed by atoms with Crippen molar-refractivity contribution in [3.63, 3.8) is 0 Å². The van der Waals surface area contributed by atoms with Crippen molar-refractivity contribution in [1.82, 2.24) is 14.5 Å². The van der Waals surface area contributed by atoms with E-state index in [1.807, 2.05) is 23.6 Å². The number of benzene rings is 1. The number of nitrogens with zero attached hydrogens (tertiary/aromatic N) is 3. The molecule has 1 spiro atoms. The highest BCUT2D eigenvalue weighted by Crippen LogP contribution is 2.38. The molecule has 0 bridgehead atoms.